The first-order valence-electron chi connectivity index (χ1n) is 9.90. The van der Waals surface area contributed by atoms with E-state index in [-0.39, 0.29) is 12.0 Å². The van der Waals surface area contributed by atoms with Crippen LogP contribution < -0.4 is 5.32 Å². The Morgan fingerprint density at radius 3 is 2.54 bits per heavy atom. The normalized spacial score (nSPS) is 17.4. The molecule has 0 aromatic carbocycles. The van der Waals surface area contributed by atoms with Gasteiger partial charge in [-0.15, -0.1) is 11.3 Å². The van der Waals surface area contributed by atoms with E-state index in [1.165, 1.54) is 25.2 Å². The van der Waals surface area contributed by atoms with Crippen LogP contribution in [0.15, 0.2) is 0 Å². The van der Waals surface area contributed by atoms with Crippen LogP contribution in [0.3, 0.4) is 0 Å². The molecule has 0 radical (unpaired) electrons. The molecule has 156 valence electrons. The van der Waals surface area contributed by atoms with Crippen LogP contribution >= 0.6 is 11.3 Å². The fourth-order valence-corrected chi connectivity index (χ4v) is 4.88. The molecule has 0 fully saturated rings. The molecule has 0 spiro atoms. The summed E-state index contributed by atoms with van der Waals surface area (Å²) in [6, 6.07) is 0. The molecule has 6 nitrogen and oxygen atoms in total. The van der Waals surface area contributed by atoms with Crippen molar-refractivity contribution in [3.63, 3.8) is 0 Å². The summed E-state index contributed by atoms with van der Waals surface area (Å²) in [6.07, 6.45) is 2.85. The largest absolute Gasteiger partial charge is 0.462 e. The average Bonchev–Trinajstić information content (AvgIpc) is 2.98. The van der Waals surface area contributed by atoms with Gasteiger partial charge in [-0.05, 0) is 50.0 Å². The molecule has 0 aliphatic heterocycles. The highest BCUT2D eigenvalue weighted by Gasteiger charge is 2.36. The van der Waals surface area contributed by atoms with E-state index in [1.807, 2.05) is 0 Å². The zero-order chi connectivity index (χ0) is 21.1. The molecule has 1 aliphatic carbocycles. The number of hydrogen-bond donors (Lipinski definition) is 1. The molecule has 28 heavy (non-hydrogen) atoms. The molecule has 0 saturated carbocycles. The molecule has 1 heterocycles. The number of carbonyl (C=O) groups excluding carboxylic acids is 3. The highest BCUT2D eigenvalue weighted by atomic mass is 32.1. The van der Waals surface area contributed by atoms with E-state index >= 15 is 0 Å². The first-order chi connectivity index (χ1) is 13.1. The standard InChI is InChI=1S/C21H31NO5S/c1-7-21(5,6)14-9-10-15-16(11-14)28-19(17(15)20(25)26-8-2)22-18(24)12(3)27-13(4)23/h12,14H,7-11H2,1-6H3,(H,22,24)/t12-,14-/m0/s1. The van der Waals surface area contributed by atoms with Gasteiger partial charge in [0, 0.05) is 11.8 Å². The quantitative estimate of drug-likeness (QED) is 0.677. The van der Waals surface area contributed by atoms with Gasteiger partial charge < -0.3 is 14.8 Å². The molecule has 1 aromatic rings. The van der Waals surface area contributed by atoms with Crippen molar-refractivity contribution in [1.29, 1.82) is 0 Å². The van der Waals surface area contributed by atoms with E-state index in [9.17, 15) is 14.4 Å². The lowest BCUT2D eigenvalue weighted by molar-refractivity contribution is -0.150. The maximum absolute atomic E-state index is 12.6. The van der Waals surface area contributed by atoms with E-state index in [2.05, 4.69) is 26.1 Å². The van der Waals surface area contributed by atoms with E-state index in [0.29, 0.717) is 16.5 Å². The lowest BCUT2D eigenvalue weighted by atomic mass is 9.69. The predicted molar refractivity (Wildman–Crippen MR) is 110 cm³/mol. The summed E-state index contributed by atoms with van der Waals surface area (Å²) in [5.74, 6) is -0.862. The van der Waals surface area contributed by atoms with Gasteiger partial charge in [0.1, 0.15) is 5.00 Å². The Balaban J connectivity index is 2.34. The number of carbonyl (C=O) groups is 3. The lowest BCUT2D eigenvalue weighted by Gasteiger charge is -2.36. The summed E-state index contributed by atoms with van der Waals surface area (Å²) in [4.78, 5) is 37.3. The van der Waals surface area contributed by atoms with Gasteiger partial charge in [0.2, 0.25) is 0 Å². The Kier molecular flexibility index (Phi) is 7.26. The summed E-state index contributed by atoms with van der Waals surface area (Å²) < 4.78 is 10.2. The number of esters is 2. The molecule has 1 aromatic heterocycles. The van der Waals surface area contributed by atoms with Crippen molar-refractivity contribution < 1.29 is 23.9 Å². The molecule has 1 aliphatic rings. The van der Waals surface area contributed by atoms with E-state index < -0.39 is 23.9 Å². The Morgan fingerprint density at radius 1 is 1.29 bits per heavy atom. The summed E-state index contributed by atoms with van der Waals surface area (Å²) in [7, 11) is 0. The van der Waals surface area contributed by atoms with Crippen LogP contribution in [0.2, 0.25) is 0 Å². The Bertz CT molecular complexity index is 752. The molecule has 2 atom stereocenters. The van der Waals surface area contributed by atoms with Crippen LogP contribution in [0, 0.1) is 11.3 Å². The van der Waals surface area contributed by atoms with Crippen molar-refractivity contribution in [1.82, 2.24) is 0 Å². The van der Waals surface area contributed by atoms with E-state index in [1.54, 1.807) is 6.92 Å². The minimum Gasteiger partial charge on any atom is -0.462 e. The van der Waals surface area contributed by atoms with Gasteiger partial charge in [-0.1, -0.05) is 27.2 Å². The zero-order valence-corrected chi connectivity index (χ0v) is 18.5. The Hall–Kier alpha value is -1.89. The lowest BCUT2D eigenvalue weighted by Crippen LogP contribution is -2.29. The minimum atomic E-state index is -0.932. The van der Waals surface area contributed by atoms with Crippen LogP contribution in [0.4, 0.5) is 5.00 Å². The predicted octanol–water partition coefficient (Wildman–Crippen LogP) is 4.36. The molecule has 1 N–H and O–H groups in total. The van der Waals surface area contributed by atoms with E-state index in [0.717, 1.165) is 36.1 Å². The first kappa shape index (κ1) is 22.4. The summed E-state index contributed by atoms with van der Waals surface area (Å²) in [5, 5.41) is 3.27. The fraction of sp³-hybridized carbons (Fsp3) is 0.667. The molecule has 0 saturated heterocycles. The number of rotatable bonds is 7. The topological polar surface area (TPSA) is 81.7 Å². The van der Waals surface area contributed by atoms with Crippen molar-refractivity contribution in [2.24, 2.45) is 11.3 Å². The first-order valence-corrected chi connectivity index (χ1v) is 10.7. The van der Waals surface area contributed by atoms with Gasteiger partial charge in [0.15, 0.2) is 6.10 Å². The van der Waals surface area contributed by atoms with Crippen LogP contribution in [-0.2, 0) is 31.9 Å². The molecule has 0 unspecified atom stereocenters. The second-order valence-electron chi connectivity index (χ2n) is 7.95. The zero-order valence-electron chi connectivity index (χ0n) is 17.6. The van der Waals surface area contributed by atoms with Crippen molar-refractivity contribution in [2.45, 2.75) is 73.3 Å². The Labute approximate surface area is 171 Å². The number of hydrogen-bond acceptors (Lipinski definition) is 6. The highest BCUT2D eigenvalue weighted by molar-refractivity contribution is 7.17. The third-order valence-corrected chi connectivity index (χ3v) is 6.88. The van der Waals surface area contributed by atoms with Crippen molar-refractivity contribution in [3.05, 3.63) is 16.0 Å². The monoisotopic (exact) mass is 409 g/mol. The average molecular weight is 410 g/mol. The molecular weight excluding hydrogens is 378 g/mol. The number of fused-ring (bicyclic) bond motifs is 1. The summed E-state index contributed by atoms with van der Waals surface area (Å²) >= 11 is 1.44. The maximum Gasteiger partial charge on any atom is 0.341 e. The Morgan fingerprint density at radius 2 is 1.96 bits per heavy atom. The number of nitrogens with one attached hydrogen (secondary N) is 1. The van der Waals surface area contributed by atoms with Gasteiger partial charge in [-0.3, -0.25) is 9.59 Å². The number of thiophene rings is 1. The summed E-state index contributed by atoms with van der Waals surface area (Å²) in [6.45, 7) is 11.6. The fourth-order valence-electron chi connectivity index (χ4n) is 3.56. The van der Waals surface area contributed by atoms with Crippen molar-refractivity contribution in [2.75, 3.05) is 11.9 Å². The number of amides is 1. The molecule has 1 amide bonds. The third-order valence-electron chi connectivity index (χ3n) is 5.71. The molecular formula is C21H31NO5S. The van der Waals surface area contributed by atoms with Crippen LogP contribution in [0.1, 0.15) is 75.2 Å². The second-order valence-corrected chi connectivity index (χ2v) is 9.06. The van der Waals surface area contributed by atoms with Gasteiger partial charge >= 0.3 is 11.9 Å². The molecule has 2 rings (SSSR count). The van der Waals surface area contributed by atoms with Gasteiger partial charge in [-0.2, -0.15) is 0 Å². The van der Waals surface area contributed by atoms with Crippen molar-refractivity contribution in [3.8, 4) is 0 Å². The highest BCUT2D eigenvalue weighted by Crippen LogP contribution is 2.45. The van der Waals surface area contributed by atoms with Gasteiger partial charge in [0.25, 0.3) is 5.91 Å². The minimum absolute atomic E-state index is 0.221. The smallest absolute Gasteiger partial charge is 0.341 e. The van der Waals surface area contributed by atoms with Crippen LogP contribution in [0.25, 0.3) is 0 Å². The summed E-state index contributed by atoms with van der Waals surface area (Å²) in [5.41, 5.74) is 1.67. The third kappa shape index (κ3) is 4.93. The van der Waals surface area contributed by atoms with Crippen molar-refractivity contribution >= 4 is 34.2 Å². The number of anilines is 1. The SMILES string of the molecule is CCOC(=O)c1c(NC(=O)[C@H](C)OC(C)=O)sc2c1CC[C@H](C(C)(C)CC)C2. The van der Waals surface area contributed by atoms with Crippen LogP contribution in [0.5, 0.6) is 0 Å². The van der Waals surface area contributed by atoms with Crippen LogP contribution in [-0.4, -0.2) is 30.6 Å². The van der Waals surface area contributed by atoms with E-state index in [4.69, 9.17) is 9.47 Å². The molecule has 0 bridgehead atoms. The van der Waals surface area contributed by atoms with Gasteiger partial charge in [-0.25, -0.2) is 4.79 Å². The molecule has 7 heteroatoms. The number of ether oxygens (including phenoxy) is 2. The second kappa shape index (κ2) is 9.07. The van der Waals surface area contributed by atoms with Gasteiger partial charge in [0.05, 0.1) is 12.2 Å². The maximum atomic E-state index is 12.6.